The van der Waals surface area contributed by atoms with Gasteiger partial charge in [0.15, 0.2) is 5.58 Å². The van der Waals surface area contributed by atoms with Crippen molar-refractivity contribution < 1.29 is 9.21 Å². The van der Waals surface area contributed by atoms with Gasteiger partial charge in [0.25, 0.3) is 5.91 Å². The lowest BCUT2D eigenvalue weighted by atomic mass is 10.00. The second-order valence-electron chi connectivity index (χ2n) is 6.74. The Balaban J connectivity index is 1.47. The lowest BCUT2D eigenvalue weighted by Gasteiger charge is -2.22. The number of hydrogen-bond acceptors (Lipinski definition) is 4. The number of rotatable bonds is 3. The van der Waals surface area contributed by atoms with Crippen molar-refractivity contribution in [2.24, 2.45) is 0 Å². The van der Waals surface area contributed by atoms with Crippen molar-refractivity contribution in [3.05, 3.63) is 76.0 Å². The average molecular weight is 360 g/mol. The summed E-state index contributed by atoms with van der Waals surface area (Å²) in [4.78, 5) is 28.7. The molecule has 1 unspecified atom stereocenters. The first-order chi connectivity index (χ1) is 13.1. The summed E-state index contributed by atoms with van der Waals surface area (Å²) in [5, 5.41) is 6.80. The summed E-state index contributed by atoms with van der Waals surface area (Å²) in [6.45, 7) is 2.47. The summed E-state index contributed by atoms with van der Waals surface area (Å²) in [6, 6.07) is 11.3. The average Bonchev–Trinajstić information content (AvgIpc) is 3.37. The van der Waals surface area contributed by atoms with E-state index in [-0.39, 0.29) is 11.9 Å². The third kappa shape index (κ3) is 2.47. The monoisotopic (exact) mass is 360 g/mol. The van der Waals surface area contributed by atoms with Gasteiger partial charge >= 0.3 is 5.76 Å². The van der Waals surface area contributed by atoms with Crippen LogP contribution in [0.15, 0.2) is 58.0 Å². The van der Waals surface area contributed by atoms with Crippen LogP contribution in [-0.4, -0.2) is 26.0 Å². The molecule has 1 aliphatic rings. The number of nitrogens with zero attached hydrogens (tertiary/aromatic N) is 2. The van der Waals surface area contributed by atoms with Crippen LogP contribution in [0, 0.1) is 0 Å². The van der Waals surface area contributed by atoms with Gasteiger partial charge in [-0.2, -0.15) is 5.10 Å². The van der Waals surface area contributed by atoms with Crippen molar-refractivity contribution in [1.29, 1.82) is 0 Å². The fraction of sp³-hybridized carbons (Fsp3) is 0.150. The normalized spacial score (nSPS) is 16.3. The Bertz CT molecular complexity index is 1220. The first-order valence-electron chi connectivity index (χ1n) is 8.66. The molecule has 3 heterocycles. The molecule has 1 atom stereocenters. The Labute approximate surface area is 153 Å². The van der Waals surface area contributed by atoms with Crippen LogP contribution < -0.4 is 5.76 Å². The van der Waals surface area contributed by atoms with Crippen molar-refractivity contribution in [1.82, 2.24) is 20.1 Å². The molecular weight excluding hydrogens is 344 g/mol. The predicted molar refractivity (Wildman–Crippen MR) is 99.1 cm³/mol. The molecule has 1 aliphatic heterocycles. The van der Waals surface area contributed by atoms with Crippen LogP contribution in [0.3, 0.4) is 0 Å². The van der Waals surface area contributed by atoms with Gasteiger partial charge in [0.2, 0.25) is 0 Å². The molecule has 0 spiro atoms. The van der Waals surface area contributed by atoms with Crippen molar-refractivity contribution in [3.63, 3.8) is 0 Å². The highest BCUT2D eigenvalue weighted by Crippen LogP contribution is 2.37. The Morgan fingerprint density at radius 1 is 1.15 bits per heavy atom. The molecule has 134 valence electrons. The fourth-order valence-electron chi connectivity index (χ4n) is 3.68. The van der Waals surface area contributed by atoms with Gasteiger partial charge in [-0.15, -0.1) is 0 Å². The number of nitrogens with one attached hydrogen (secondary N) is 2. The maximum atomic E-state index is 12.9. The number of carbonyl (C=O) groups excluding carboxylic acids is 1. The highest BCUT2D eigenvalue weighted by molar-refractivity contribution is 5.99. The number of benzene rings is 2. The van der Waals surface area contributed by atoms with E-state index in [9.17, 15) is 9.59 Å². The molecule has 7 heteroatoms. The van der Waals surface area contributed by atoms with E-state index in [1.807, 2.05) is 36.2 Å². The molecule has 0 fully saturated rings. The Kier molecular flexibility index (Phi) is 3.30. The van der Waals surface area contributed by atoms with E-state index >= 15 is 0 Å². The zero-order valence-electron chi connectivity index (χ0n) is 14.5. The summed E-state index contributed by atoms with van der Waals surface area (Å²) < 4.78 is 5.12. The molecule has 4 aromatic rings. The van der Waals surface area contributed by atoms with E-state index in [0.29, 0.717) is 17.6 Å². The molecule has 1 amide bonds. The first-order valence-corrected chi connectivity index (χ1v) is 8.66. The van der Waals surface area contributed by atoms with Crippen LogP contribution >= 0.6 is 0 Å². The number of fused-ring (bicyclic) bond motifs is 2. The number of H-pyrrole nitrogens is 2. The Hall–Kier alpha value is -3.61. The lowest BCUT2D eigenvalue weighted by molar-refractivity contribution is 0.0723. The van der Waals surface area contributed by atoms with E-state index in [1.165, 1.54) is 0 Å². The quantitative estimate of drug-likeness (QED) is 0.586. The number of amides is 1. The summed E-state index contributed by atoms with van der Waals surface area (Å²) in [7, 11) is 0. The highest BCUT2D eigenvalue weighted by atomic mass is 16.4. The van der Waals surface area contributed by atoms with Crippen molar-refractivity contribution in [2.45, 2.75) is 19.5 Å². The van der Waals surface area contributed by atoms with Crippen molar-refractivity contribution >= 4 is 17.0 Å². The van der Waals surface area contributed by atoms with Gasteiger partial charge in [-0.25, -0.2) is 4.79 Å². The van der Waals surface area contributed by atoms with E-state index in [0.717, 1.165) is 27.8 Å². The minimum atomic E-state index is -0.480. The third-order valence-electron chi connectivity index (χ3n) is 5.13. The lowest BCUT2D eigenvalue weighted by Crippen LogP contribution is -2.26. The van der Waals surface area contributed by atoms with Crippen LogP contribution in [0.2, 0.25) is 0 Å². The van der Waals surface area contributed by atoms with Gasteiger partial charge in [0.1, 0.15) is 0 Å². The molecule has 5 rings (SSSR count). The minimum absolute atomic E-state index is 0.00635. The second-order valence-corrected chi connectivity index (χ2v) is 6.74. The molecule has 2 aromatic heterocycles. The number of carbonyl (C=O) groups is 1. The zero-order chi connectivity index (χ0) is 18.5. The largest absolute Gasteiger partial charge is 0.417 e. The smallest absolute Gasteiger partial charge is 0.408 e. The number of oxazole rings is 1. The molecule has 0 radical (unpaired) electrons. The predicted octanol–water partition coefficient (Wildman–Crippen LogP) is 3.23. The van der Waals surface area contributed by atoms with E-state index in [4.69, 9.17) is 4.42 Å². The minimum Gasteiger partial charge on any atom is -0.408 e. The van der Waals surface area contributed by atoms with Crippen LogP contribution in [0.1, 0.15) is 34.5 Å². The molecule has 2 aromatic carbocycles. The topological polar surface area (TPSA) is 95.0 Å². The Morgan fingerprint density at radius 2 is 2.04 bits per heavy atom. The van der Waals surface area contributed by atoms with Crippen molar-refractivity contribution in [3.8, 4) is 11.1 Å². The van der Waals surface area contributed by atoms with Crippen LogP contribution in [0.4, 0.5) is 0 Å². The fourth-order valence-corrected chi connectivity index (χ4v) is 3.68. The Morgan fingerprint density at radius 3 is 2.85 bits per heavy atom. The highest BCUT2D eigenvalue weighted by Gasteiger charge is 2.34. The van der Waals surface area contributed by atoms with E-state index in [2.05, 4.69) is 21.2 Å². The van der Waals surface area contributed by atoms with Gasteiger partial charge in [0.05, 0.1) is 17.8 Å². The number of aromatic nitrogens is 3. The maximum Gasteiger partial charge on any atom is 0.417 e. The summed E-state index contributed by atoms with van der Waals surface area (Å²) in [6.07, 6.45) is 3.60. The standard InChI is InChI=1S/C20H16N4O3/c1-11-16-7-13(14-8-21-22-9-14)3-4-15(16)19(25)24(11)10-12-2-5-17-18(6-12)27-20(26)23-17/h2-9,11H,10H2,1H3,(H,21,22)(H,23,26). The SMILES string of the molecule is CC1c2cc(-c3cn[nH]c3)ccc2C(=O)N1Cc1ccc2[nH]c(=O)oc2c1. The second kappa shape index (κ2) is 5.70. The van der Waals surface area contributed by atoms with Gasteiger partial charge in [-0.3, -0.25) is 14.9 Å². The molecule has 0 saturated carbocycles. The maximum absolute atomic E-state index is 12.9. The summed E-state index contributed by atoms with van der Waals surface area (Å²) in [5.74, 6) is -0.473. The van der Waals surface area contributed by atoms with Crippen LogP contribution in [-0.2, 0) is 6.54 Å². The molecule has 7 nitrogen and oxygen atoms in total. The molecule has 0 aliphatic carbocycles. The van der Waals surface area contributed by atoms with Gasteiger partial charge in [-0.1, -0.05) is 12.1 Å². The molecule has 0 bridgehead atoms. The van der Waals surface area contributed by atoms with Gasteiger partial charge < -0.3 is 9.32 Å². The molecule has 27 heavy (non-hydrogen) atoms. The zero-order valence-corrected chi connectivity index (χ0v) is 14.5. The number of hydrogen-bond donors (Lipinski definition) is 2. The third-order valence-corrected chi connectivity index (χ3v) is 5.13. The van der Waals surface area contributed by atoms with Gasteiger partial charge in [-0.05, 0) is 47.9 Å². The molecular formula is C20H16N4O3. The molecule has 0 saturated heterocycles. The summed E-state index contributed by atoms with van der Waals surface area (Å²) in [5.41, 5.74) is 5.81. The van der Waals surface area contributed by atoms with Gasteiger partial charge in [0, 0.05) is 23.9 Å². The first kappa shape index (κ1) is 15.6. The van der Waals surface area contributed by atoms with Crippen molar-refractivity contribution in [2.75, 3.05) is 0 Å². The number of aromatic amines is 2. The van der Waals surface area contributed by atoms with Crippen LogP contribution in [0.25, 0.3) is 22.2 Å². The molecule has 2 N–H and O–H groups in total. The van der Waals surface area contributed by atoms with E-state index < -0.39 is 5.76 Å². The summed E-state index contributed by atoms with van der Waals surface area (Å²) >= 11 is 0. The van der Waals surface area contributed by atoms with E-state index in [1.54, 1.807) is 18.3 Å². The van der Waals surface area contributed by atoms with Crippen LogP contribution in [0.5, 0.6) is 0 Å².